The first-order valence-corrected chi connectivity index (χ1v) is 19.6. The normalized spacial score (nSPS) is 12.5. The van der Waals surface area contributed by atoms with Crippen molar-refractivity contribution in [2.45, 2.75) is 19.3 Å². The Morgan fingerprint density at radius 3 is 1.64 bits per heavy atom. The zero-order valence-electron chi connectivity index (χ0n) is 32.2. The Balaban J connectivity index is 0.998. The van der Waals surface area contributed by atoms with Crippen LogP contribution in [0.2, 0.25) is 0 Å². The Bertz CT molecular complexity index is 2950. The summed E-state index contributed by atoms with van der Waals surface area (Å²) in [7, 11) is 0. The number of anilines is 2. The van der Waals surface area contributed by atoms with Crippen LogP contribution in [0, 0.1) is 5.41 Å². The summed E-state index contributed by atoms with van der Waals surface area (Å²) in [5.74, 6) is 1.95. The van der Waals surface area contributed by atoms with Crippen LogP contribution >= 0.6 is 0 Å². The molecule has 1 aromatic heterocycles. The molecule has 0 saturated heterocycles. The van der Waals surface area contributed by atoms with E-state index >= 15 is 0 Å². The number of hydrogen-bond acceptors (Lipinski definition) is 5. The van der Waals surface area contributed by atoms with Crippen molar-refractivity contribution in [2.24, 2.45) is 0 Å². The molecule has 0 saturated carbocycles. The highest BCUT2D eigenvalue weighted by Crippen LogP contribution is 2.50. The van der Waals surface area contributed by atoms with Crippen molar-refractivity contribution in [1.29, 1.82) is 5.41 Å². The van der Waals surface area contributed by atoms with Crippen LogP contribution in [0.15, 0.2) is 188 Å². The molecule has 5 heteroatoms. The summed E-state index contributed by atoms with van der Waals surface area (Å²) in [6, 6.07) is 64.7. The minimum absolute atomic E-state index is 0.276. The molecule has 8 aromatic carbocycles. The summed E-state index contributed by atoms with van der Waals surface area (Å²) < 4.78 is 0. The predicted octanol–water partition coefficient (Wildman–Crippen LogP) is 13.2. The molecule has 9 aromatic rings. The van der Waals surface area contributed by atoms with Gasteiger partial charge in [0.2, 0.25) is 0 Å². The van der Waals surface area contributed by atoms with E-state index in [9.17, 15) is 5.41 Å². The van der Waals surface area contributed by atoms with Gasteiger partial charge in [-0.15, -0.1) is 0 Å². The summed E-state index contributed by atoms with van der Waals surface area (Å²) in [5.41, 5.74) is 13.8. The fraction of sp³-hybridized carbons (Fsp3) is 0.0566. The van der Waals surface area contributed by atoms with E-state index in [0.717, 1.165) is 61.1 Å². The molecular weight excluding hydrogens is 707 g/mol. The molecule has 0 radical (unpaired) electrons. The molecule has 2 N–H and O–H groups in total. The van der Waals surface area contributed by atoms with Crippen LogP contribution < -0.4 is 5.32 Å². The smallest absolute Gasteiger partial charge is 0.164 e. The zero-order chi connectivity index (χ0) is 39.2. The minimum atomic E-state index is -0.276. The van der Waals surface area contributed by atoms with Gasteiger partial charge in [0, 0.05) is 44.3 Å². The highest BCUT2D eigenvalue weighted by atomic mass is 15.0. The minimum Gasteiger partial charge on any atom is -0.354 e. The number of para-hydroxylation sites is 1. The van der Waals surface area contributed by atoms with E-state index in [2.05, 4.69) is 122 Å². The fourth-order valence-corrected chi connectivity index (χ4v) is 8.28. The van der Waals surface area contributed by atoms with Crippen LogP contribution in [-0.2, 0) is 5.41 Å². The van der Waals surface area contributed by atoms with Gasteiger partial charge in [-0.3, -0.25) is 5.41 Å². The van der Waals surface area contributed by atoms with Crippen molar-refractivity contribution < 1.29 is 0 Å². The third-order valence-corrected chi connectivity index (χ3v) is 11.4. The molecule has 0 aliphatic heterocycles. The number of hydrogen-bond donors (Lipinski definition) is 2. The Morgan fingerprint density at radius 1 is 0.466 bits per heavy atom. The van der Waals surface area contributed by atoms with Gasteiger partial charge in [0.1, 0.15) is 0 Å². The first kappa shape index (κ1) is 35.0. The average molecular weight is 746 g/mol. The molecule has 1 aliphatic rings. The Kier molecular flexibility index (Phi) is 8.57. The second-order valence-electron chi connectivity index (χ2n) is 15.3. The summed E-state index contributed by atoms with van der Waals surface area (Å²) in [5, 5.41) is 15.4. The van der Waals surface area contributed by atoms with Gasteiger partial charge in [0.25, 0.3) is 0 Å². The molecule has 5 nitrogen and oxygen atoms in total. The zero-order valence-corrected chi connectivity index (χ0v) is 32.2. The highest BCUT2D eigenvalue weighted by molar-refractivity contribution is 6.18. The molecule has 0 unspecified atom stereocenters. The Morgan fingerprint density at radius 2 is 0.983 bits per heavy atom. The molecule has 0 amide bonds. The quantitative estimate of drug-likeness (QED) is 0.152. The molecule has 0 bridgehead atoms. The molecule has 0 fully saturated rings. The first-order chi connectivity index (χ1) is 28.4. The van der Waals surface area contributed by atoms with Crippen molar-refractivity contribution in [3.05, 3.63) is 210 Å². The van der Waals surface area contributed by atoms with Crippen LogP contribution in [0.3, 0.4) is 0 Å². The van der Waals surface area contributed by atoms with Gasteiger partial charge in [-0.05, 0) is 69.1 Å². The molecule has 58 heavy (non-hydrogen) atoms. The maximum atomic E-state index is 9.55. The topological polar surface area (TPSA) is 74.6 Å². The molecular formula is C53H39N5. The fourth-order valence-electron chi connectivity index (χ4n) is 8.28. The lowest BCUT2D eigenvalue weighted by Gasteiger charge is -2.22. The van der Waals surface area contributed by atoms with E-state index < -0.39 is 0 Å². The van der Waals surface area contributed by atoms with E-state index in [1.807, 2.05) is 84.9 Å². The molecule has 10 rings (SSSR count). The maximum Gasteiger partial charge on any atom is 0.164 e. The SMILES string of the molecule is CC1(C)c2cc(-c3cccc(C(=N)c4ccc5ccccc5c4Nc4ccccc4)c3)ccc2-c2ccc(-c3nc(-c4ccccc4)nc(-c4ccccc4)n3)cc21. The van der Waals surface area contributed by atoms with Crippen molar-refractivity contribution >= 4 is 27.9 Å². The number of aromatic nitrogens is 3. The van der Waals surface area contributed by atoms with Crippen LogP contribution in [0.1, 0.15) is 36.1 Å². The van der Waals surface area contributed by atoms with Crippen molar-refractivity contribution in [2.75, 3.05) is 5.32 Å². The standard InChI is InChI=1S/C53H39N5/c1-53(2)46-32-38(37-20-14-21-39(31-37)48(54)45-30-25-34-15-12-13-24-42(34)49(45)55-41-22-10-5-11-23-41)26-28-43(46)44-29-27-40(33-47(44)53)52-57-50(35-16-6-3-7-17-35)56-51(58-52)36-18-8-4-9-19-36/h3-33,54-55H,1-2H3. The molecule has 1 aliphatic carbocycles. The first-order valence-electron chi connectivity index (χ1n) is 19.6. The number of benzene rings is 8. The third-order valence-electron chi connectivity index (χ3n) is 11.4. The average Bonchev–Trinajstić information content (AvgIpc) is 3.51. The van der Waals surface area contributed by atoms with Gasteiger partial charge in [0.05, 0.1) is 11.4 Å². The lowest BCUT2D eigenvalue weighted by atomic mass is 9.81. The van der Waals surface area contributed by atoms with Crippen molar-refractivity contribution in [1.82, 2.24) is 15.0 Å². The summed E-state index contributed by atoms with van der Waals surface area (Å²) in [4.78, 5) is 14.9. The number of fused-ring (bicyclic) bond motifs is 4. The number of nitrogens with zero attached hydrogens (tertiary/aromatic N) is 3. The van der Waals surface area contributed by atoms with Crippen LogP contribution in [0.4, 0.5) is 11.4 Å². The number of rotatable bonds is 8. The Hall–Kier alpha value is -7.50. The van der Waals surface area contributed by atoms with E-state index in [1.54, 1.807) is 0 Å². The molecule has 1 heterocycles. The van der Waals surface area contributed by atoms with E-state index in [4.69, 9.17) is 15.0 Å². The third kappa shape index (κ3) is 6.23. The summed E-state index contributed by atoms with van der Waals surface area (Å²) in [6.45, 7) is 4.60. The summed E-state index contributed by atoms with van der Waals surface area (Å²) in [6.07, 6.45) is 0. The van der Waals surface area contributed by atoms with Gasteiger partial charge in [-0.2, -0.15) is 0 Å². The number of nitrogens with one attached hydrogen (secondary N) is 2. The van der Waals surface area contributed by atoms with E-state index in [1.165, 1.54) is 22.3 Å². The monoisotopic (exact) mass is 745 g/mol. The maximum absolute atomic E-state index is 9.55. The van der Waals surface area contributed by atoms with Gasteiger partial charge in [-0.1, -0.05) is 172 Å². The van der Waals surface area contributed by atoms with Gasteiger partial charge in [-0.25, -0.2) is 15.0 Å². The lowest BCUT2D eigenvalue weighted by molar-refractivity contribution is 0.661. The second kappa shape index (κ2) is 14.2. The van der Waals surface area contributed by atoms with Gasteiger partial charge in [0.15, 0.2) is 17.5 Å². The summed E-state index contributed by atoms with van der Waals surface area (Å²) >= 11 is 0. The Labute approximate surface area is 338 Å². The van der Waals surface area contributed by atoms with Crippen molar-refractivity contribution in [3.8, 4) is 56.4 Å². The predicted molar refractivity (Wildman–Crippen MR) is 239 cm³/mol. The van der Waals surface area contributed by atoms with E-state index in [0.29, 0.717) is 23.2 Å². The lowest BCUT2D eigenvalue weighted by Crippen LogP contribution is -2.15. The highest BCUT2D eigenvalue weighted by Gasteiger charge is 2.36. The molecule has 276 valence electrons. The van der Waals surface area contributed by atoms with Gasteiger partial charge >= 0.3 is 0 Å². The van der Waals surface area contributed by atoms with Gasteiger partial charge < -0.3 is 5.32 Å². The van der Waals surface area contributed by atoms with Crippen molar-refractivity contribution in [3.63, 3.8) is 0 Å². The molecule has 0 spiro atoms. The van der Waals surface area contributed by atoms with Crippen LogP contribution in [0.25, 0.3) is 67.2 Å². The second-order valence-corrected chi connectivity index (χ2v) is 15.3. The molecule has 0 atom stereocenters. The van der Waals surface area contributed by atoms with Crippen LogP contribution in [-0.4, -0.2) is 20.7 Å². The largest absolute Gasteiger partial charge is 0.354 e. The van der Waals surface area contributed by atoms with Crippen LogP contribution in [0.5, 0.6) is 0 Å². The van der Waals surface area contributed by atoms with E-state index in [-0.39, 0.29) is 5.41 Å².